The number of phosphoric acid groups is 2. The number of aromatic nitrogens is 2. The van der Waals surface area contributed by atoms with Crippen LogP contribution in [0.3, 0.4) is 0 Å². The number of anilines is 1. The molecule has 0 aliphatic carbocycles. The lowest BCUT2D eigenvalue weighted by Crippen LogP contribution is -2.36. The zero-order chi connectivity index (χ0) is 53.6. The highest BCUT2D eigenvalue weighted by Gasteiger charge is 2.46. The average Bonchev–Trinajstić information content (AvgIpc) is 3.62. The summed E-state index contributed by atoms with van der Waals surface area (Å²) < 4.78 is 56.6. The molecule has 1 aliphatic rings. The SMILES string of the molecule is CC/C=C\C/C=C\C/C=C\C/C=C\CCCCCCC(=O)OC[C@H](COP(=O)(O)OP(=O)(O)OC[C@H]1O[C@@H](n2ccc(N)nc2=O)[C@H](O)[C@@H]1O)OC(=O)CCC/C=C\C/C=C\C=C\[C@@H](O)C/C=C\CCCCC. The summed E-state index contributed by atoms with van der Waals surface area (Å²) in [6.07, 6.45) is 39.5. The standard InChI is InChI=1S/C52H81N3O16P2/c1-3-5-7-9-11-12-13-14-15-16-17-18-19-20-24-28-32-36-47(57)66-40-44(69-48(58)37-33-29-25-22-21-23-27-31-35-43(56)34-30-26-10-8-6-4-2)41-67-72(62,63)71-73(64,65)68-42-45-49(59)50(60)51(70-45)55-39-38-46(53)54-52(55)61/h5,7,11-12,14-15,17-18,22-23,25-27,30-31,35,38-39,43-45,49-51,56,59-60H,3-4,6,8-10,13,16,19-21,24,28-29,32-34,36-37,40-42H2,1-2H3,(H,62,63)(H,64,65)(H2,53,54,61)/b7-5-,12-11-,15-14-,18-17-,25-22-,27-23-,30-26-,35-31+/t43-,44+,45+,49+,50+,51+/m0/s1. The van der Waals surface area contributed by atoms with E-state index in [1.807, 2.05) is 30.4 Å². The summed E-state index contributed by atoms with van der Waals surface area (Å²) in [5, 5.41) is 31.0. The van der Waals surface area contributed by atoms with E-state index in [2.05, 4.69) is 77.8 Å². The van der Waals surface area contributed by atoms with Crippen LogP contribution in [0.5, 0.6) is 0 Å². The predicted molar refractivity (Wildman–Crippen MR) is 281 cm³/mol. The lowest BCUT2D eigenvalue weighted by molar-refractivity contribution is -0.161. The first-order valence-electron chi connectivity index (χ1n) is 25.4. The molecule has 0 bridgehead atoms. The smallest absolute Gasteiger partial charge is 0.462 e. The fourth-order valence-corrected chi connectivity index (χ4v) is 8.90. The van der Waals surface area contributed by atoms with E-state index >= 15 is 0 Å². The molecule has 1 fully saturated rings. The zero-order valence-corrected chi connectivity index (χ0v) is 44.3. The molecule has 410 valence electrons. The van der Waals surface area contributed by atoms with E-state index in [-0.39, 0.29) is 18.7 Å². The molecule has 1 saturated heterocycles. The Morgan fingerprint density at radius 3 is 2.00 bits per heavy atom. The Kier molecular flexibility index (Phi) is 34.7. The number of unbranched alkanes of at least 4 members (excludes halogenated alkanes) is 8. The van der Waals surface area contributed by atoms with Crippen molar-refractivity contribution in [2.45, 2.75) is 173 Å². The quantitative estimate of drug-likeness (QED) is 0.0117. The number of carbonyl (C=O) groups excluding carboxylic acids is 2. The molecule has 0 saturated carbocycles. The topological polar surface area (TPSA) is 286 Å². The highest BCUT2D eigenvalue weighted by atomic mass is 31.3. The van der Waals surface area contributed by atoms with Gasteiger partial charge in [0, 0.05) is 19.0 Å². The summed E-state index contributed by atoms with van der Waals surface area (Å²) >= 11 is 0. The van der Waals surface area contributed by atoms with E-state index in [0.29, 0.717) is 32.1 Å². The largest absolute Gasteiger partial charge is 0.481 e. The number of aliphatic hydroxyl groups is 3. The predicted octanol–water partition coefficient (Wildman–Crippen LogP) is 9.41. The summed E-state index contributed by atoms with van der Waals surface area (Å²) in [6.45, 7) is 1.84. The molecule has 2 unspecified atom stereocenters. The van der Waals surface area contributed by atoms with Crippen molar-refractivity contribution < 1.29 is 71.4 Å². The van der Waals surface area contributed by atoms with Gasteiger partial charge in [0.1, 0.15) is 30.7 Å². The van der Waals surface area contributed by atoms with Gasteiger partial charge in [-0.1, -0.05) is 137 Å². The van der Waals surface area contributed by atoms with Crippen molar-refractivity contribution >= 4 is 33.4 Å². The number of nitrogens with zero attached hydrogens (tertiary/aromatic N) is 2. The van der Waals surface area contributed by atoms with Crippen LogP contribution in [0.2, 0.25) is 0 Å². The van der Waals surface area contributed by atoms with E-state index in [0.717, 1.165) is 75.0 Å². The molecule has 1 aliphatic heterocycles. The van der Waals surface area contributed by atoms with Gasteiger partial charge in [0.05, 0.1) is 19.3 Å². The lowest BCUT2D eigenvalue weighted by atomic mass is 10.1. The second-order valence-electron chi connectivity index (χ2n) is 17.1. The van der Waals surface area contributed by atoms with Crippen molar-refractivity contribution in [3.05, 3.63) is 120 Å². The Balaban J connectivity index is 1.86. The molecule has 2 rings (SSSR count). The van der Waals surface area contributed by atoms with E-state index < -0.39 is 89.8 Å². The van der Waals surface area contributed by atoms with E-state index in [1.54, 1.807) is 12.2 Å². The van der Waals surface area contributed by atoms with Gasteiger partial charge in [0.2, 0.25) is 0 Å². The Bertz CT molecular complexity index is 2120. The molecule has 21 heteroatoms. The maximum absolute atomic E-state index is 12.9. The Morgan fingerprint density at radius 2 is 1.33 bits per heavy atom. The van der Waals surface area contributed by atoms with Crippen molar-refractivity contribution in [2.75, 3.05) is 25.6 Å². The van der Waals surface area contributed by atoms with Gasteiger partial charge in [-0.05, 0) is 89.5 Å². The van der Waals surface area contributed by atoms with Crippen LogP contribution in [0.15, 0.2) is 114 Å². The molecule has 19 nitrogen and oxygen atoms in total. The van der Waals surface area contributed by atoms with Gasteiger partial charge < -0.3 is 45.1 Å². The molecular formula is C52H81N3O16P2. The maximum Gasteiger partial charge on any atom is 0.481 e. The molecule has 1 aromatic heterocycles. The third-order valence-electron chi connectivity index (χ3n) is 10.7. The molecule has 0 spiro atoms. The summed E-state index contributed by atoms with van der Waals surface area (Å²) in [5.74, 6) is -1.45. The van der Waals surface area contributed by atoms with E-state index in [4.69, 9.17) is 29.0 Å². The number of rotatable bonds is 40. The summed E-state index contributed by atoms with van der Waals surface area (Å²) in [7, 11) is -10.9. The number of ether oxygens (including phenoxy) is 3. The first-order chi connectivity index (χ1) is 35.1. The van der Waals surface area contributed by atoms with Gasteiger partial charge in [0.25, 0.3) is 0 Å². The number of allylic oxidation sites excluding steroid dienone is 14. The van der Waals surface area contributed by atoms with Crippen LogP contribution in [-0.2, 0) is 46.3 Å². The maximum atomic E-state index is 12.9. The summed E-state index contributed by atoms with van der Waals surface area (Å²) in [6, 6.07) is 1.24. The first-order valence-corrected chi connectivity index (χ1v) is 28.3. The average molecular weight is 1070 g/mol. The normalized spacial score (nSPS) is 20.2. The number of phosphoric ester groups is 2. The molecule has 7 N–H and O–H groups in total. The monoisotopic (exact) mass is 1070 g/mol. The van der Waals surface area contributed by atoms with Crippen LogP contribution in [0.25, 0.3) is 0 Å². The first kappa shape index (κ1) is 64.8. The molecule has 1 aromatic rings. The van der Waals surface area contributed by atoms with Gasteiger partial charge in [0.15, 0.2) is 12.3 Å². The van der Waals surface area contributed by atoms with E-state index in [9.17, 15) is 48.6 Å². The van der Waals surface area contributed by atoms with Crippen LogP contribution < -0.4 is 11.4 Å². The Morgan fingerprint density at radius 1 is 0.740 bits per heavy atom. The molecule has 73 heavy (non-hydrogen) atoms. The van der Waals surface area contributed by atoms with Crippen molar-refractivity contribution in [1.82, 2.24) is 9.55 Å². The van der Waals surface area contributed by atoms with Crippen LogP contribution >= 0.6 is 15.6 Å². The van der Waals surface area contributed by atoms with Crippen LogP contribution in [0.1, 0.15) is 142 Å². The highest BCUT2D eigenvalue weighted by molar-refractivity contribution is 7.61. The van der Waals surface area contributed by atoms with Crippen LogP contribution in [-0.4, -0.2) is 96.9 Å². The van der Waals surface area contributed by atoms with Crippen molar-refractivity contribution in [3.8, 4) is 0 Å². The molecule has 0 radical (unpaired) electrons. The van der Waals surface area contributed by atoms with Gasteiger partial charge in [-0.2, -0.15) is 9.29 Å². The van der Waals surface area contributed by atoms with Gasteiger partial charge >= 0.3 is 33.3 Å². The van der Waals surface area contributed by atoms with E-state index in [1.165, 1.54) is 18.9 Å². The zero-order valence-electron chi connectivity index (χ0n) is 42.5. The second-order valence-corrected chi connectivity index (χ2v) is 20.2. The fraction of sp³-hybridized carbons (Fsp3) is 0.577. The molecule has 2 heterocycles. The number of nitrogens with two attached hydrogens (primary N) is 1. The minimum Gasteiger partial charge on any atom is -0.462 e. The van der Waals surface area contributed by atoms with Gasteiger partial charge in [-0.3, -0.25) is 23.2 Å². The number of hydrogen-bond acceptors (Lipinski definition) is 16. The second kappa shape index (κ2) is 39.1. The number of nitrogen functional groups attached to an aromatic ring is 1. The van der Waals surface area contributed by atoms with Crippen LogP contribution in [0, 0.1) is 0 Å². The van der Waals surface area contributed by atoms with Crippen molar-refractivity contribution in [2.24, 2.45) is 0 Å². The summed E-state index contributed by atoms with van der Waals surface area (Å²) in [5.41, 5.74) is 4.57. The third kappa shape index (κ3) is 31.9. The van der Waals surface area contributed by atoms with Gasteiger partial charge in [-0.25, -0.2) is 13.9 Å². The molecule has 8 atom stereocenters. The van der Waals surface area contributed by atoms with Gasteiger partial charge in [-0.15, -0.1) is 0 Å². The fourth-order valence-electron chi connectivity index (χ4n) is 6.79. The minimum atomic E-state index is -5.46. The Labute approximate surface area is 431 Å². The minimum absolute atomic E-state index is 0.0690. The van der Waals surface area contributed by atoms with Crippen molar-refractivity contribution in [1.29, 1.82) is 0 Å². The number of hydrogen-bond donors (Lipinski definition) is 6. The summed E-state index contributed by atoms with van der Waals surface area (Å²) in [4.78, 5) is 61.9. The highest BCUT2D eigenvalue weighted by Crippen LogP contribution is 2.60. The van der Waals surface area contributed by atoms with Crippen molar-refractivity contribution in [3.63, 3.8) is 0 Å². The Hall–Kier alpha value is -4.36. The number of carbonyl (C=O) groups is 2. The molecule has 0 aromatic carbocycles. The van der Waals surface area contributed by atoms with Crippen LogP contribution in [0.4, 0.5) is 5.82 Å². The molecular weight excluding hydrogens is 985 g/mol. The molecule has 0 amide bonds. The lowest BCUT2D eigenvalue weighted by Gasteiger charge is -2.21. The number of esters is 2. The number of aliphatic hydroxyl groups excluding tert-OH is 3. The third-order valence-corrected chi connectivity index (χ3v) is 13.3.